The maximum Gasteiger partial charge on any atom is 0.0985 e. The Morgan fingerprint density at radius 2 is 2.08 bits per heavy atom. The van der Waals surface area contributed by atoms with Crippen molar-refractivity contribution in [3.63, 3.8) is 0 Å². The molecule has 0 aromatic carbocycles. The minimum atomic E-state index is 0.506. The van der Waals surface area contributed by atoms with Gasteiger partial charge in [0.15, 0.2) is 0 Å². The molecule has 0 atom stereocenters. The molecule has 0 heterocycles. The molecule has 0 aromatic heterocycles. The second kappa shape index (κ2) is 4.91. The second-order valence-electron chi connectivity index (χ2n) is 3.30. The highest BCUT2D eigenvalue weighted by Gasteiger charge is 2.11. The zero-order valence-corrected chi connectivity index (χ0v) is 7.64. The average molecular weight is 167 g/mol. The van der Waals surface area contributed by atoms with Gasteiger partial charge in [-0.3, -0.25) is 10.4 Å². The number of rotatable bonds is 2. The van der Waals surface area contributed by atoms with E-state index < -0.39 is 0 Å². The molecule has 0 bridgehead atoms. The molecule has 1 aliphatic rings. The number of nitrogens with one attached hydrogen (secondary N) is 2. The van der Waals surface area contributed by atoms with Crippen LogP contribution >= 0.6 is 0 Å². The van der Waals surface area contributed by atoms with Crippen molar-refractivity contribution < 1.29 is 0 Å². The first kappa shape index (κ1) is 9.23. The van der Waals surface area contributed by atoms with Crippen LogP contribution in [0.3, 0.4) is 0 Å². The third-order valence-electron chi connectivity index (χ3n) is 2.23. The van der Waals surface area contributed by atoms with E-state index in [0.29, 0.717) is 6.04 Å². The summed E-state index contributed by atoms with van der Waals surface area (Å²) in [5, 5.41) is 9.62. The van der Waals surface area contributed by atoms with E-state index in [1.165, 1.54) is 38.4 Å². The molecular weight excluding hydrogens is 150 g/mol. The Morgan fingerprint density at radius 3 is 2.67 bits per heavy atom. The van der Waals surface area contributed by atoms with Gasteiger partial charge in [0.05, 0.1) is 18.2 Å². The number of nitrogens with zero attached hydrogens (tertiary/aromatic N) is 1. The minimum absolute atomic E-state index is 0.506. The Balaban J connectivity index is 2.35. The van der Waals surface area contributed by atoms with Gasteiger partial charge in [0.25, 0.3) is 0 Å². The molecule has 1 saturated carbocycles. The lowest BCUT2D eigenvalue weighted by molar-refractivity contribution is 0.443. The van der Waals surface area contributed by atoms with Crippen LogP contribution in [-0.2, 0) is 0 Å². The third kappa shape index (κ3) is 3.03. The van der Waals surface area contributed by atoms with Gasteiger partial charge in [-0.05, 0) is 19.8 Å². The average Bonchev–Trinajstić information content (AvgIpc) is 2.06. The van der Waals surface area contributed by atoms with Crippen molar-refractivity contribution in [1.29, 1.82) is 5.41 Å². The van der Waals surface area contributed by atoms with E-state index in [1.54, 1.807) is 0 Å². The number of aliphatic imine (C=N–C) groups is 1. The zero-order chi connectivity index (χ0) is 8.81. The SMILES string of the molecule is CC(=NC1CCCCC1)NC=N. The van der Waals surface area contributed by atoms with E-state index in [-0.39, 0.29) is 0 Å². The van der Waals surface area contributed by atoms with Crippen molar-refractivity contribution in [3.05, 3.63) is 0 Å². The van der Waals surface area contributed by atoms with Gasteiger partial charge in [-0.2, -0.15) is 0 Å². The predicted octanol–water partition coefficient (Wildman–Crippen LogP) is 1.93. The largest absolute Gasteiger partial charge is 0.336 e. The summed E-state index contributed by atoms with van der Waals surface area (Å²) in [4.78, 5) is 4.48. The summed E-state index contributed by atoms with van der Waals surface area (Å²) >= 11 is 0. The van der Waals surface area contributed by atoms with Gasteiger partial charge < -0.3 is 5.32 Å². The van der Waals surface area contributed by atoms with Crippen molar-refractivity contribution in [2.45, 2.75) is 45.1 Å². The molecule has 1 fully saturated rings. The van der Waals surface area contributed by atoms with Crippen molar-refractivity contribution in [1.82, 2.24) is 5.32 Å². The molecule has 3 nitrogen and oxygen atoms in total. The number of hydrogen-bond donors (Lipinski definition) is 2. The smallest absolute Gasteiger partial charge is 0.0985 e. The quantitative estimate of drug-likeness (QED) is 0.479. The van der Waals surface area contributed by atoms with E-state index in [4.69, 9.17) is 5.41 Å². The molecular formula is C9H17N3. The molecule has 0 saturated heterocycles. The normalized spacial score (nSPS) is 20.6. The summed E-state index contributed by atoms with van der Waals surface area (Å²) < 4.78 is 0. The molecule has 12 heavy (non-hydrogen) atoms. The lowest BCUT2D eigenvalue weighted by Gasteiger charge is -2.18. The first-order valence-corrected chi connectivity index (χ1v) is 4.63. The highest BCUT2D eigenvalue weighted by atomic mass is 15.0. The Hall–Kier alpha value is -0.860. The van der Waals surface area contributed by atoms with Crippen LogP contribution in [0.2, 0.25) is 0 Å². The molecule has 0 spiro atoms. The molecule has 0 amide bonds. The monoisotopic (exact) mass is 167 g/mol. The first-order chi connectivity index (χ1) is 5.83. The summed E-state index contributed by atoms with van der Waals surface area (Å²) in [6.07, 6.45) is 7.61. The highest BCUT2D eigenvalue weighted by molar-refractivity contribution is 5.89. The Morgan fingerprint density at radius 1 is 1.42 bits per heavy atom. The van der Waals surface area contributed by atoms with E-state index >= 15 is 0 Å². The zero-order valence-electron chi connectivity index (χ0n) is 7.64. The summed E-state index contributed by atoms with van der Waals surface area (Å²) in [5.41, 5.74) is 0. The summed E-state index contributed by atoms with van der Waals surface area (Å²) in [7, 11) is 0. The van der Waals surface area contributed by atoms with Crippen molar-refractivity contribution in [2.24, 2.45) is 4.99 Å². The topological polar surface area (TPSA) is 48.2 Å². The van der Waals surface area contributed by atoms with E-state index in [0.717, 1.165) is 5.84 Å². The Kier molecular flexibility index (Phi) is 3.77. The number of amidine groups is 1. The lowest BCUT2D eigenvalue weighted by Crippen LogP contribution is -2.21. The Bertz CT molecular complexity index is 169. The second-order valence-corrected chi connectivity index (χ2v) is 3.30. The van der Waals surface area contributed by atoms with Gasteiger partial charge in [0, 0.05) is 0 Å². The molecule has 0 aliphatic heterocycles. The Labute approximate surface area is 73.8 Å². The molecule has 1 aliphatic carbocycles. The minimum Gasteiger partial charge on any atom is -0.336 e. The third-order valence-corrected chi connectivity index (χ3v) is 2.23. The van der Waals surface area contributed by atoms with Gasteiger partial charge in [-0.1, -0.05) is 19.3 Å². The summed E-state index contributed by atoms with van der Waals surface area (Å²) in [5.74, 6) is 0.872. The molecule has 1 rings (SSSR count). The van der Waals surface area contributed by atoms with E-state index in [9.17, 15) is 0 Å². The van der Waals surface area contributed by atoms with E-state index in [1.807, 2.05) is 6.92 Å². The molecule has 2 N–H and O–H groups in total. The molecule has 0 radical (unpaired) electrons. The van der Waals surface area contributed by atoms with Crippen LogP contribution in [0.4, 0.5) is 0 Å². The predicted molar refractivity (Wildman–Crippen MR) is 51.9 cm³/mol. The van der Waals surface area contributed by atoms with Gasteiger partial charge in [0.1, 0.15) is 0 Å². The maximum atomic E-state index is 6.83. The number of hydrogen-bond acceptors (Lipinski definition) is 2. The van der Waals surface area contributed by atoms with Crippen LogP contribution < -0.4 is 5.32 Å². The van der Waals surface area contributed by atoms with Crippen LogP contribution in [0.1, 0.15) is 39.0 Å². The van der Waals surface area contributed by atoms with Gasteiger partial charge in [0.2, 0.25) is 0 Å². The van der Waals surface area contributed by atoms with Gasteiger partial charge in [-0.25, -0.2) is 0 Å². The molecule has 0 unspecified atom stereocenters. The van der Waals surface area contributed by atoms with Crippen LogP contribution in [0.5, 0.6) is 0 Å². The fourth-order valence-electron chi connectivity index (χ4n) is 1.63. The van der Waals surface area contributed by atoms with Crippen LogP contribution in [0, 0.1) is 5.41 Å². The molecule has 0 aromatic rings. The van der Waals surface area contributed by atoms with Gasteiger partial charge in [-0.15, -0.1) is 0 Å². The van der Waals surface area contributed by atoms with Crippen LogP contribution in [0.25, 0.3) is 0 Å². The fourth-order valence-corrected chi connectivity index (χ4v) is 1.63. The van der Waals surface area contributed by atoms with Crippen molar-refractivity contribution in [2.75, 3.05) is 0 Å². The van der Waals surface area contributed by atoms with Crippen LogP contribution in [-0.4, -0.2) is 18.2 Å². The van der Waals surface area contributed by atoms with Gasteiger partial charge >= 0.3 is 0 Å². The summed E-state index contributed by atoms with van der Waals surface area (Å²) in [6, 6.07) is 0.506. The van der Waals surface area contributed by atoms with Crippen molar-refractivity contribution in [3.8, 4) is 0 Å². The first-order valence-electron chi connectivity index (χ1n) is 4.63. The molecule has 3 heteroatoms. The standard InChI is InChI=1S/C9H17N3/c1-8(11-7-10)12-9-5-3-2-4-6-9/h7,9H,2-6H2,1H3,(H2,10,11,12). The van der Waals surface area contributed by atoms with Crippen LogP contribution in [0.15, 0.2) is 4.99 Å². The highest BCUT2D eigenvalue weighted by Crippen LogP contribution is 2.19. The fraction of sp³-hybridized carbons (Fsp3) is 0.778. The van der Waals surface area contributed by atoms with Crippen molar-refractivity contribution >= 4 is 12.2 Å². The molecule has 68 valence electrons. The lowest BCUT2D eigenvalue weighted by atomic mass is 9.96. The summed E-state index contributed by atoms with van der Waals surface area (Å²) in [6.45, 7) is 1.92. The van der Waals surface area contributed by atoms with E-state index in [2.05, 4.69) is 10.3 Å². The maximum absolute atomic E-state index is 6.83.